The van der Waals surface area contributed by atoms with Crippen LogP contribution in [-0.2, 0) is 21.3 Å². The van der Waals surface area contributed by atoms with Gasteiger partial charge in [0, 0.05) is 32.2 Å². The van der Waals surface area contributed by atoms with Crippen LogP contribution in [0.15, 0.2) is 29.2 Å². The monoisotopic (exact) mass is 313 g/mol. The van der Waals surface area contributed by atoms with E-state index in [-0.39, 0.29) is 10.9 Å². The van der Waals surface area contributed by atoms with Crippen LogP contribution in [0.4, 0.5) is 0 Å². The van der Waals surface area contributed by atoms with Crippen molar-refractivity contribution in [3.05, 3.63) is 29.8 Å². The van der Waals surface area contributed by atoms with Crippen LogP contribution in [0.25, 0.3) is 0 Å². The highest BCUT2D eigenvalue weighted by atomic mass is 32.2. The number of nitrogens with two attached hydrogens (primary N) is 1. The summed E-state index contributed by atoms with van der Waals surface area (Å²) >= 11 is 0. The number of hydrogen-bond acceptors (Lipinski definition) is 5. The van der Waals surface area contributed by atoms with Gasteiger partial charge < -0.3 is 10.5 Å². The van der Waals surface area contributed by atoms with Gasteiger partial charge in [0.2, 0.25) is 10.0 Å². The van der Waals surface area contributed by atoms with E-state index in [4.69, 9.17) is 10.5 Å². The van der Waals surface area contributed by atoms with Crippen LogP contribution in [0.5, 0.6) is 0 Å². The van der Waals surface area contributed by atoms with Gasteiger partial charge >= 0.3 is 0 Å². The molecule has 0 bridgehead atoms. The van der Waals surface area contributed by atoms with Crippen molar-refractivity contribution in [3.8, 4) is 0 Å². The molecular formula is C14H23N3O3S. The van der Waals surface area contributed by atoms with Crippen LogP contribution in [-0.4, -0.2) is 52.2 Å². The van der Waals surface area contributed by atoms with E-state index in [1.165, 1.54) is 0 Å². The quantitative estimate of drug-likeness (QED) is 0.781. The SMILES string of the molecule is CC(CN1CCOCC1)NS(=O)(=O)c1ccc(CN)cc1. The molecule has 6 nitrogen and oxygen atoms in total. The van der Waals surface area contributed by atoms with Gasteiger partial charge in [0.05, 0.1) is 18.1 Å². The number of nitrogens with zero attached hydrogens (tertiary/aromatic N) is 1. The number of hydrogen-bond donors (Lipinski definition) is 2. The van der Waals surface area contributed by atoms with Gasteiger partial charge in [-0.05, 0) is 24.6 Å². The lowest BCUT2D eigenvalue weighted by molar-refractivity contribution is 0.0354. The zero-order valence-electron chi connectivity index (χ0n) is 12.3. The minimum atomic E-state index is -3.48. The molecule has 0 radical (unpaired) electrons. The summed E-state index contributed by atoms with van der Waals surface area (Å²) in [5, 5.41) is 0. The third kappa shape index (κ3) is 4.76. The van der Waals surface area contributed by atoms with Crippen molar-refractivity contribution in [2.75, 3.05) is 32.8 Å². The first-order valence-electron chi connectivity index (χ1n) is 7.13. The summed E-state index contributed by atoms with van der Waals surface area (Å²) in [5.74, 6) is 0. The molecule has 0 spiro atoms. The first-order valence-corrected chi connectivity index (χ1v) is 8.61. The van der Waals surface area contributed by atoms with Crippen LogP contribution in [0.3, 0.4) is 0 Å². The summed E-state index contributed by atoms with van der Waals surface area (Å²) in [5.41, 5.74) is 6.43. The summed E-state index contributed by atoms with van der Waals surface area (Å²) in [7, 11) is -3.48. The zero-order chi connectivity index (χ0) is 15.3. The minimum Gasteiger partial charge on any atom is -0.379 e. The molecule has 1 unspecified atom stereocenters. The van der Waals surface area contributed by atoms with Gasteiger partial charge in [-0.3, -0.25) is 4.90 Å². The molecular weight excluding hydrogens is 290 g/mol. The topological polar surface area (TPSA) is 84.7 Å². The summed E-state index contributed by atoms with van der Waals surface area (Å²) < 4.78 is 32.6. The molecule has 0 aliphatic carbocycles. The van der Waals surface area contributed by atoms with E-state index < -0.39 is 10.0 Å². The highest BCUT2D eigenvalue weighted by molar-refractivity contribution is 7.89. The normalized spacial score (nSPS) is 18.6. The van der Waals surface area contributed by atoms with Gasteiger partial charge in [-0.25, -0.2) is 13.1 Å². The Morgan fingerprint density at radius 1 is 1.29 bits per heavy atom. The molecule has 1 atom stereocenters. The second kappa shape index (κ2) is 7.33. The number of nitrogens with one attached hydrogen (secondary N) is 1. The Labute approximate surface area is 126 Å². The maximum absolute atomic E-state index is 12.3. The van der Waals surface area contributed by atoms with Gasteiger partial charge in [-0.15, -0.1) is 0 Å². The standard InChI is InChI=1S/C14H23N3O3S/c1-12(11-17-6-8-20-9-7-17)16-21(18,19)14-4-2-13(10-15)3-5-14/h2-5,12,16H,6-11,15H2,1H3. The fourth-order valence-electron chi connectivity index (χ4n) is 2.35. The zero-order valence-corrected chi connectivity index (χ0v) is 13.1. The molecule has 3 N–H and O–H groups in total. The van der Waals surface area contributed by atoms with E-state index in [1.807, 2.05) is 6.92 Å². The largest absolute Gasteiger partial charge is 0.379 e. The molecule has 21 heavy (non-hydrogen) atoms. The maximum atomic E-state index is 12.3. The highest BCUT2D eigenvalue weighted by Crippen LogP contribution is 2.11. The van der Waals surface area contributed by atoms with Crippen molar-refractivity contribution >= 4 is 10.0 Å². The molecule has 1 saturated heterocycles. The lowest BCUT2D eigenvalue weighted by atomic mass is 10.2. The second-order valence-electron chi connectivity index (χ2n) is 5.28. The van der Waals surface area contributed by atoms with Crippen molar-refractivity contribution in [1.29, 1.82) is 0 Å². The van der Waals surface area contributed by atoms with E-state index in [0.29, 0.717) is 26.3 Å². The highest BCUT2D eigenvalue weighted by Gasteiger charge is 2.20. The number of sulfonamides is 1. The fraction of sp³-hybridized carbons (Fsp3) is 0.571. The van der Waals surface area contributed by atoms with E-state index >= 15 is 0 Å². The molecule has 7 heteroatoms. The van der Waals surface area contributed by atoms with Crippen LogP contribution in [0, 0.1) is 0 Å². The summed E-state index contributed by atoms with van der Waals surface area (Å²) in [6.45, 7) is 6.07. The van der Waals surface area contributed by atoms with Crippen LogP contribution in [0.2, 0.25) is 0 Å². The van der Waals surface area contributed by atoms with Crippen molar-refractivity contribution in [3.63, 3.8) is 0 Å². The van der Waals surface area contributed by atoms with Crippen molar-refractivity contribution in [2.24, 2.45) is 5.73 Å². The average molecular weight is 313 g/mol. The fourth-order valence-corrected chi connectivity index (χ4v) is 3.58. The first kappa shape index (κ1) is 16.4. The second-order valence-corrected chi connectivity index (χ2v) is 7.00. The summed E-state index contributed by atoms with van der Waals surface area (Å²) in [6, 6.07) is 6.50. The lowest BCUT2D eigenvalue weighted by Gasteiger charge is -2.29. The van der Waals surface area contributed by atoms with E-state index in [9.17, 15) is 8.42 Å². The van der Waals surface area contributed by atoms with E-state index in [2.05, 4.69) is 9.62 Å². The molecule has 118 valence electrons. The van der Waals surface area contributed by atoms with Gasteiger partial charge in [-0.2, -0.15) is 0 Å². The Morgan fingerprint density at radius 3 is 2.48 bits per heavy atom. The molecule has 0 saturated carbocycles. The van der Waals surface area contributed by atoms with Crippen LogP contribution >= 0.6 is 0 Å². The van der Waals surface area contributed by atoms with Gasteiger partial charge in [0.1, 0.15) is 0 Å². The van der Waals surface area contributed by atoms with Crippen molar-refractivity contribution in [2.45, 2.75) is 24.4 Å². The Balaban J connectivity index is 1.95. The Hall–Kier alpha value is -0.990. The molecule has 1 aliphatic heterocycles. The Bertz CT molecular complexity index is 539. The van der Waals surface area contributed by atoms with Gasteiger partial charge in [0.15, 0.2) is 0 Å². The lowest BCUT2D eigenvalue weighted by Crippen LogP contribution is -2.45. The van der Waals surface area contributed by atoms with E-state index in [1.54, 1.807) is 24.3 Å². The average Bonchev–Trinajstić information content (AvgIpc) is 2.47. The smallest absolute Gasteiger partial charge is 0.240 e. The first-order chi connectivity index (χ1) is 10.0. The minimum absolute atomic E-state index is 0.151. The molecule has 0 aromatic heterocycles. The molecule has 1 aliphatic rings. The molecule has 1 heterocycles. The molecule has 2 rings (SSSR count). The van der Waals surface area contributed by atoms with Gasteiger partial charge in [-0.1, -0.05) is 12.1 Å². The van der Waals surface area contributed by atoms with Gasteiger partial charge in [0.25, 0.3) is 0 Å². The predicted molar refractivity (Wildman–Crippen MR) is 81.4 cm³/mol. The Kier molecular flexibility index (Phi) is 5.72. The number of benzene rings is 1. The summed E-state index contributed by atoms with van der Waals surface area (Å²) in [6.07, 6.45) is 0. The number of ether oxygens (including phenoxy) is 1. The van der Waals surface area contributed by atoms with Crippen LogP contribution < -0.4 is 10.5 Å². The molecule has 1 aromatic carbocycles. The molecule has 1 fully saturated rings. The van der Waals surface area contributed by atoms with E-state index in [0.717, 1.165) is 18.7 Å². The predicted octanol–water partition coefficient (Wildman–Crippen LogP) is 0.144. The van der Waals surface area contributed by atoms with Crippen LogP contribution in [0.1, 0.15) is 12.5 Å². The molecule has 1 aromatic rings. The third-order valence-corrected chi connectivity index (χ3v) is 5.07. The number of morpholine rings is 1. The summed E-state index contributed by atoms with van der Waals surface area (Å²) in [4.78, 5) is 2.47. The third-order valence-electron chi connectivity index (χ3n) is 3.46. The maximum Gasteiger partial charge on any atom is 0.240 e. The Morgan fingerprint density at radius 2 is 1.90 bits per heavy atom. The van der Waals surface area contributed by atoms with Crippen molar-refractivity contribution in [1.82, 2.24) is 9.62 Å². The van der Waals surface area contributed by atoms with Crippen molar-refractivity contribution < 1.29 is 13.2 Å². The molecule has 0 amide bonds. The number of rotatable bonds is 6.